The van der Waals surface area contributed by atoms with Gasteiger partial charge in [-0.25, -0.2) is 9.59 Å². The number of allylic oxidation sites excluding steroid dienone is 1. The van der Waals surface area contributed by atoms with Gasteiger partial charge in [0.05, 0.1) is 20.3 Å². The normalized spacial score (nSPS) is 19.2. The van der Waals surface area contributed by atoms with Crippen LogP contribution in [0, 0.1) is 5.41 Å². The topological polar surface area (TPSA) is 94.2 Å². The molecule has 8 heteroatoms. The number of hydrogen-bond acceptors (Lipinski definition) is 6. The van der Waals surface area contributed by atoms with E-state index in [1.54, 1.807) is 13.2 Å². The molecule has 0 radical (unpaired) electrons. The SMILES string of the molecule is C=CCCCOC(=O)NC(C(=O)N1C[C@](OC)(c2ccc(-c3ccccc3C=C)cc2)C[C@H]1C(=O)OC)C(C)(C)C. The standard InChI is InChI=1S/C33H42N2O6/c1-8-10-13-20-41-31(38)34-28(32(3,4)5)29(36)35-22-33(40-7,21-27(35)30(37)39-6)25-18-16-24(17-19-25)26-15-12-11-14-23(26)9-2/h8-9,11-12,14-19,27-28H,1-2,10,13,20-22H2,3-7H3,(H,34,38)/t27-,28?,33-/m0/s1. The lowest BCUT2D eigenvalue weighted by Gasteiger charge is -2.35. The predicted molar refractivity (Wildman–Crippen MR) is 160 cm³/mol. The van der Waals surface area contributed by atoms with Crippen LogP contribution in [0.5, 0.6) is 0 Å². The van der Waals surface area contributed by atoms with Crippen molar-refractivity contribution in [2.75, 3.05) is 27.4 Å². The van der Waals surface area contributed by atoms with Crippen LogP contribution >= 0.6 is 0 Å². The molecule has 3 rings (SSSR count). The van der Waals surface area contributed by atoms with Gasteiger partial charge in [0, 0.05) is 13.5 Å². The van der Waals surface area contributed by atoms with E-state index in [4.69, 9.17) is 14.2 Å². The van der Waals surface area contributed by atoms with E-state index in [0.29, 0.717) is 12.8 Å². The van der Waals surface area contributed by atoms with Crippen molar-refractivity contribution in [1.29, 1.82) is 0 Å². The molecule has 0 aromatic heterocycles. The number of nitrogens with zero attached hydrogens (tertiary/aromatic N) is 1. The molecule has 1 aliphatic rings. The lowest BCUT2D eigenvalue weighted by atomic mass is 9.85. The van der Waals surface area contributed by atoms with Gasteiger partial charge >= 0.3 is 12.1 Å². The van der Waals surface area contributed by atoms with Crippen LogP contribution in [-0.2, 0) is 29.4 Å². The highest BCUT2D eigenvalue weighted by molar-refractivity contribution is 5.91. The number of benzene rings is 2. The molecule has 1 fully saturated rings. The minimum Gasteiger partial charge on any atom is -0.467 e. The molecule has 2 aromatic carbocycles. The number of amides is 2. The highest BCUT2D eigenvalue weighted by Gasteiger charge is 2.53. The second-order valence-corrected chi connectivity index (χ2v) is 11.3. The van der Waals surface area contributed by atoms with E-state index in [1.807, 2.05) is 75.4 Å². The van der Waals surface area contributed by atoms with Crippen LogP contribution in [0.1, 0.15) is 51.2 Å². The van der Waals surface area contributed by atoms with Crippen molar-refractivity contribution in [2.24, 2.45) is 5.41 Å². The third-order valence-corrected chi connectivity index (χ3v) is 7.54. The number of alkyl carbamates (subject to hydrolysis) is 1. The minimum absolute atomic E-state index is 0.104. The molecule has 0 aliphatic carbocycles. The number of carbonyl (C=O) groups excluding carboxylic acids is 3. The summed E-state index contributed by atoms with van der Waals surface area (Å²) in [6, 6.07) is 14.0. The lowest BCUT2D eigenvalue weighted by molar-refractivity contribution is -0.152. The number of ether oxygens (including phenoxy) is 3. The molecular formula is C33H42N2O6. The van der Waals surface area contributed by atoms with E-state index in [2.05, 4.69) is 18.5 Å². The maximum absolute atomic E-state index is 14.0. The summed E-state index contributed by atoms with van der Waals surface area (Å²) in [5.41, 5.74) is 2.27. The zero-order valence-electron chi connectivity index (χ0n) is 24.8. The average molecular weight is 563 g/mol. The Kier molecular flexibility index (Phi) is 10.5. The van der Waals surface area contributed by atoms with Crippen molar-refractivity contribution in [3.63, 3.8) is 0 Å². The van der Waals surface area contributed by atoms with Gasteiger partial charge in [0.15, 0.2) is 0 Å². The summed E-state index contributed by atoms with van der Waals surface area (Å²) in [7, 11) is 2.87. The average Bonchev–Trinajstić information content (AvgIpc) is 3.38. The van der Waals surface area contributed by atoms with Crippen LogP contribution in [-0.4, -0.2) is 62.3 Å². The molecule has 8 nitrogen and oxygen atoms in total. The van der Waals surface area contributed by atoms with E-state index >= 15 is 0 Å². The minimum atomic E-state index is -0.960. The fourth-order valence-corrected chi connectivity index (χ4v) is 5.18. The van der Waals surface area contributed by atoms with Crippen molar-refractivity contribution in [3.8, 4) is 11.1 Å². The third-order valence-electron chi connectivity index (χ3n) is 7.54. The zero-order chi connectivity index (χ0) is 30.2. The lowest BCUT2D eigenvalue weighted by Crippen LogP contribution is -2.57. The second-order valence-electron chi connectivity index (χ2n) is 11.3. The number of hydrogen-bond donors (Lipinski definition) is 1. The summed E-state index contributed by atoms with van der Waals surface area (Å²) in [6.45, 7) is 13.4. The zero-order valence-corrected chi connectivity index (χ0v) is 24.8. The molecule has 220 valence electrons. The summed E-state index contributed by atoms with van der Waals surface area (Å²) in [6.07, 6.45) is 4.43. The maximum Gasteiger partial charge on any atom is 0.407 e. The number of nitrogens with one attached hydrogen (secondary N) is 1. The van der Waals surface area contributed by atoms with E-state index in [1.165, 1.54) is 12.0 Å². The first-order chi connectivity index (χ1) is 19.5. The maximum atomic E-state index is 14.0. The molecule has 1 N–H and O–H groups in total. The molecule has 0 saturated carbocycles. The summed E-state index contributed by atoms with van der Waals surface area (Å²) >= 11 is 0. The molecule has 1 heterocycles. The summed E-state index contributed by atoms with van der Waals surface area (Å²) in [5, 5.41) is 2.73. The smallest absolute Gasteiger partial charge is 0.407 e. The number of unbranched alkanes of at least 4 members (excludes halogenated alkanes) is 1. The molecule has 0 bridgehead atoms. The van der Waals surface area contributed by atoms with Crippen LogP contribution in [0.15, 0.2) is 67.8 Å². The van der Waals surface area contributed by atoms with E-state index in [-0.39, 0.29) is 19.6 Å². The predicted octanol–water partition coefficient (Wildman–Crippen LogP) is 5.72. The van der Waals surface area contributed by atoms with Gasteiger partial charge in [-0.05, 0) is 40.5 Å². The fraction of sp³-hybridized carbons (Fsp3) is 0.424. The van der Waals surface area contributed by atoms with Crippen molar-refractivity contribution in [3.05, 3.63) is 78.9 Å². The number of esters is 1. The Balaban J connectivity index is 1.91. The van der Waals surface area contributed by atoms with Crippen LogP contribution in [0.3, 0.4) is 0 Å². The van der Waals surface area contributed by atoms with Crippen molar-refractivity contribution < 1.29 is 28.6 Å². The van der Waals surface area contributed by atoms with Crippen molar-refractivity contribution in [2.45, 2.75) is 57.7 Å². The van der Waals surface area contributed by atoms with Gasteiger partial charge in [-0.3, -0.25) is 4.79 Å². The van der Waals surface area contributed by atoms with E-state index in [9.17, 15) is 14.4 Å². The van der Waals surface area contributed by atoms with E-state index < -0.39 is 41.1 Å². The van der Waals surface area contributed by atoms with Crippen molar-refractivity contribution in [1.82, 2.24) is 10.2 Å². The number of likely N-dealkylation sites (tertiary alicyclic amines) is 1. The summed E-state index contributed by atoms with van der Waals surface area (Å²) in [5.74, 6) is -0.958. The van der Waals surface area contributed by atoms with Crippen LogP contribution in [0.25, 0.3) is 17.2 Å². The largest absolute Gasteiger partial charge is 0.467 e. The molecule has 0 spiro atoms. The van der Waals surface area contributed by atoms with Gasteiger partial charge in [-0.1, -0.05) is 88.0 Å². The highest BCUT2D eigenvalue weighted by atomic mass is 16.5. The number of carbonyl (C=O) groups is 3. The second kappa shape index (κ2) is 13.6. The Morgan fingerprint density at radius 2 is 1.78 bits per heavy atom. The van der Waals surface area contributed by atoms with Crippen LogP contribution < -0.4 is 5.32 Å². The molecule has 1 saturated heterocycles. The monoisotopic (exact) mass is 562 g/mol. The Morgan fingerprint density at radius 1 is 1.10 bits per heavy atom. The Morgan fingerprint density at radius 3 is 2.37 bits per heavy atom. The highest BCUT2D eigenvalue weighted by Crippen LogP contribution is 2.41. The van der Waals surface area contributed by atoms with Gasteiger partial charge in [-0.15, -0.1) is 6.58 Å². The molecule has 41 heavy (non-hydrogen) atoms. The first kappa shape index (κ1) is 31.6. The molecule has 1 aliphatic heterocycles. The van der Waals surface area contributed by atoms with Gasteiger partial charge in [-0.2, -0.15) is 0 Å². The Labute approximate surface area is 243 Å². The third kappa shape index (κ3) is 7.24. The van der Waals surface area contributed by atoms with Gasteiger partial charge in [0.25, 0.3) is 0 Å². The first-order valence-corrected chi connectivity index (χ1v) is 13.8. The molecular weight excluding hydrogens is 520 g/mol. The van der Waals surface area contributed by atoms with Crippen LogP contribution in [0.4, 0.5) is 4.79 Å². The summed E-state index contributed by atoms with van der Waals surface area (Å²) in [4.78, 5) is 41.1. The van der Waals surface area contributed by atoms with Crippen molar-refractivity contribution >= 4 is 24.0 Å². The van der Waals surface area contributed by atoms with Crippen LogP contribution in [0.2, 0.25) is 0 Å². The van der Waals surface area contributed by atoms with Gasteiger partial charge in [0.2, 0.25) is 5.91 Å². The van der Waals surface area contributed by atoms with Gasteiger partial charge < -0.3 is 24.4 Å². The Bertz CT molecular complexity index is 1250. The van der Waals surface area contributed by atoms with Gasteiger partial charge in [0.1, 0.15) is 17.7 Å². The van der Waals surface area contributed by atoms with E-state index in [0.717, 1.165) is 22.3 Å². The summed E-state index contributed by atoms with van der Waals surface area (Å²) < 4.78 is 16.4. The molecule has 1 unspecified atom stereocenters. The molecule has 2 aromatic rings. The number of rotatable bonds is 11. The fourth-order valence-electron chi connectivity index (χ4n) is 5.18. The quantitative estimate of drug-likeness (QED) is 0.214. The Hall–Kier alpha value is -3.91. The first-order valence-electron chi connectivity index (χ1n) is 13.8. The number of methoxy groups -OCH3 is 2. The molecule has 2 amide bonds. The molecule has 3 atom stereocenters.